The first kappa shape index (κ1) is 12.1. The van der Waals surface area contributed by atoms with Crippen LogP contribution in [-0.4, -0.2) is 35.0 Å². The molecule has 2 rings (SSSR count). The molecule has 92 valence electrons. The second-order valence-corrected chi connectivity index (χ2v) is 5.18. The van der Waals surface area contributed by atoms with Crippen molar-refractivity contribution >= 4 is 23.2 Å². The van der Waals surface area contributed by atoms with Gasteiger partial charge in [0.2, 0.25) is 5.91 Å². The number of carboxylic acids is 1. The number of aliphatic carboxylic acids is 1. The van der Waals surface area contributed by atoms with Crippen LogP contribution in [0.5, 0.6) is 0 Å². The molecule has 0 spiro atoms. The van der Waals surface area contributed by atoms with Gasteiger partial charge >= 0.3 is 5.97 Å². The number of hydrogen-bond donors (Lipinski definition) is 2. The van der Waals surface area contributed by atoms with E-state index in [-0.39, 0.29) is 18.2 Å². The first-order valence-corrected chi connectivity index (χ1v) is 6.25. The van der Waals surface area contributed by atoms with Gasteiger partial charge in [-0.05, 0) is 11.4 Å². The highest BCUT2D eigenvalue weighted by Gasteiger charge is 2.34. The molecule has 1 fully saturated rings. The summed E-state index contributed by atoms with van der Waals surface area (Å²) >= 11 is 1.46. The van der Waals surface area contributed by atoms with Crippen molar-refractivity contribution in [3.63, 3.8) is 0 Å². The fourth-order valence-electron chi connectivity index (χ4n) is 1.91. The fourth-order valence-corrected chi connectivity index (χ4v) is 2.63. The van der Waals surface area contributed by atoms with Gasteiger partial charge < -0.3 is 15.7 Å². The molecular formula is C11H14N2O3S. The molecule has 3 N–H and O–H groups in total. The highest BCUT2D eigenvalue weighted by Crippen LogP contribution is 2.25. The van der Waals surface area contributed by atoms with E-state index < -0.39 is 12.0 Å². The second kappa shape index (κ2) is 4.85. The quantitative estimate of drug-likeness (QED) is 0.827. The molecule has 1 atom stereocenters. The smallest absolute Gasteiger partial charge is 0.303 e. The van der Waals surface area contributed by atoms with Crippen molar-refractivity contribution < 1.29 is 14.7 Å². The van der Waals surface area contributed by atoms with Crippen LogP contribution in [0.3, 0.4) is 0 Å². The monoisotopic (exact) mass is 254 g/mol. The lowest BCUT2D eigenvalue weighted by molar-refractivity contribution is -0.145. The number of likely N-dealkylation sites (tertiary alicyclic amines) is 1. The van der Waals surface area contributed by atoms with Gasteiger partial charge in [-0.25, -0.2) is 0 Å². The van der Waals surface area contributed by atoms with Crippen LogP contribution in [0.25, 0.3) is 0 Å². The van der Waals surface area contributed by atoms with Crippen molar-refractivity contribution in [2.24, 2.45) is 11.7 Å². The Kier molecular flexibility index (Phi) is 3.44. The Balaban J connectivity index is 1.85. The third kappa shape index (κ3) is 2.65. The topological polar surface area (TPSA) is 83.6 Å². The van der Waals surface area contributed by atoms with E-state index in [9.17, 15) is 9.59 Å². The van der Waals surface area contributed by atoms with Crippen molar-refractivity contribution in [2.75, 3.05) is 13.1 Å². The predicted molar refractivity (Wildman–Crippen MR) is 63.6 cm³/mol. The van der Waals surface area contributed by atoms with Gasteiger partial charge in [0.25, 0.3) is 0 Å². The molecule has 0 saturated carbocycles. The summed E-state index contributed by atoms with van der Waals surface area (Å²) in [6.45, 7) is 1.01. The fraction of sp³-hybridized carbons (Fsp3) is 0.455. The maximum absolute atomic E-state index is 11.9. The average molecular weight is 254 g/mol. The van der Waals surface area contributed by atoms with Crippen molar-refractivity contribution in [1.29, 1.82) is 0 Å². The van der Waals surface area contributed by atoms with Gasteiger partial charge in [0, 0.05) is 23.9 Å². The summed E-state index contributed by atoms with van der Waals surface area (Å²) in [6.07, 6.45) is 0.123. The Labute approximate surface area is 103 Å². The van der Waals surface area contributed by atoms with Crippen LogP contribution in [0.2, 0.25) is 0 Å². The normalized spacial score (nSPS) is 17.6. The summed E-state index contributed by atoms with van der Waals surface area (Å²) in [5.41, 5.74) is 5.84. The van der Waals surface area contributed by atoms with Gasteiger partial charge in [0.05, 0.1) is 6.42 Å². The van der Waals surface area contributed by atoms with Crippen molar-refractivity contribution in [3.05, 3.63) is 22.4 Å². The number of hydrogen-bond acceptors (Lipinski definition) is 4. The summed E-state index contributed by atoms with van der Waals surface area (Å²) < 4.78 is 0. The lowest BCUT2D eigenvalue weighted by Crippen LogP contribution is -2.53. The van der Waals surface area contributed by atoms with Gasteiger partial charge in [-0.2, -0.15) is 0 Å². The van der Waals surface area contributed by atoms with Gasteiger partial charge in [0.1, 0.15) is 6.04 Å². The number of nitrogens with two attached hydrogens (primary N) is 1. The second-order valence-electron chi connectivity index (χ2n) is 4.20. The van der Waals surface area contributed by atoms with E-state index in [1.54, 1.807) is 4.90 Å². The van der Waals surface area contributed by atoms with Gasteiger partial charge in [-0.1, -0.05) is 6.07 Å². The molecule has 17 heavy (non-hydrogen) atoms. The summed E-state index contributed by atoms with van der Waals surface area (Å²) in [7, 11) is 0. The van der Waals surface area contributed by atoms with E-state index in [0.717, 1.165) is 4.88 Å². The highest BCUT2D eigenvalue weighted by atomic mass is 32.1. The number of carbonyl (C=O) groups is 2. The van der Waals surface area contributed by atoms with E-state index >= 15 is 0 Å². The maximum Gasteiger partial charge on any atom is 0.303 e. The number of carbonyl (C=O) groups excluding carboxylic acids is 1. The number of carboxylic acid groups (broad SMARTS) is 1. The number of rotatable bonds is 4. The number of thiophene rings is 1. The van der Waals surface area contributed by atoms with Crippen LogP contribution in [0.4, 0.5) is 0 Å². The molecule has 2 heterocycles. The van der Waals surface area contributed by atoms with Crippen molar-refractivity contribution in [3.8, 4) is 0 Å². The Morgan fingerprint density at radius 2 is 2.29 bits per heavy atom. The van der Waals surface area contributed by atoms with Crippen LogP contribution in [0.15, 0.2) is 17.5 Å². The SMILES string of the molecule is NC(C(=O)N1CC(CC(=O)O)C1)c1cccs1. The maximum atomic E-state index is 11.9. The first-order valence-electron chi connectivity index (χ1n) is 5.37. The molecule has 0 aliphatic carbocycles. The number of nitrogens with zero attached hydrogens (tertiary/aromatic N) is 1. The summed E-state index contributed by atoms with van der Waals surface area (Å²) in [4.78, 5) is 24.9. The molecule has 6 heteroatoms. The Morgan fingerprint density at radius 1 is 1.59 bits per heavy atom. The minimum Gasteiger partial charge on any atom is -0.481 e. The first-order chi connectivity index (χ1) is 8.08. The van der Waals surface area contributed by atoms with E-state index in [2.05, 4.69) is 0 Å². The average Bonchev–Trinajstić information content (AvgIpc) is 2.73. The summed E-state index contributed by atoms with van der Waals surface area (Å²) in [6, 6.07) is 3.08. The third-order valence-corrected chi connectivity index (χ3v) is 3.80. The van der Waals surface area contributed by atoms with Gasteiger partial charge in [-0.15, -0.1) is 11.3 Å². The largest absolute Gasteiger partial charge is 0.481 e. The predicted octanol–water partition coefficient (Wildman–Crippen LogP) is 0.681. The lowest BCUT2D eigenvalue weighted by Gasteiger charge is -2.39. The van der Waals surface area contributed by atoms with E-state index in [1.807, 2.05) is 17.5 Å². The standard InChI is InChI=1S/C11H14N2O3S/c12-10(8-2-1-3-17-8)11(16)13-5-7(6-13)4-9(14)15/h1-3,7,10H,4-6,12H2,(H,14,15). The van der Waals surface area contributed by atoms with Crippen LogP contribution in [0.1, 0.15) is 17.3 Å². The molecule has 1 aliphatic heterocycles. The molecule has 0 aromatic carbocycles. The van der Waals surface area contributed by atoms with E-state index in [0.29, 0.717) is 13.1 Å². The van der Waals surface area contributed by atoms with Crippen molar-refractivity contribution in [1.82, 2.24) is 4.90 Å². The Hall–Kier alpha value is -1.40. The number of amides is 1. The molecule has 1 unspecified atom stereocenters. The van der Waals surface area contributed by atoms with Crippen molar-refractivity contribution in [2.45, 2.75) is 12.5 Å². The molecular weight excluding hydrogens is 240 g/mol. The molecule has 0 bridgehead atoms. The summed E-state index contributed by atoms with van der Waals surface area (Å²) in [5, 5.41) is 10.5. The van der Waals surface area contributed by atoms with E-state index in [4.69, 9.17) is 10.8 Å². The Bertz CT molecular complexity index is 412. The zero-order valence-corrected chi connectivity index (χ0v) is 10.0. The van der Waals surface area contributed by atoms with Crippen LogP contribution in [-0.2, 0) is 9.59 Å². The zero-order chi connectivity index (χ0) is 12.4. The molecule has 5 nitrogen and oxygen atoms in total. The molecule has 1 aliphatic rings. The minimum atomic E-state index is -0.815. The third-order valence-electron chi connectivity index (χ3n) is 2.85. The van der Waals surface area contributed by atoms with Crippen LogP contribution in [0, 0.1) is 5.92 Å². The van der Waals surface area contributed by atoms with Gasteiger partial charge in [-0.3, -0.25) is 9.59 Å². The highest BCUT2D eigenvalue weighted by molar-refractivity contribution is 7.10. The lowest BCUT2D eigenvalue weighted by atomic mass is 9.95. The molecule has 1 amide bonds. The minimum absolute atomic E-state index is 0.0759. The zero-order valence-electron chi connectivity index (χ0n) is 9.20. The van der Waals surface area contributed by atoms with E-state index in [1.165, 1.54) is 11.3 Å². The Morgan fingerprint density at radius 3 is 2.82 bits per heavy atom. The molecule has 1 saturated heterocycles. The molecule has 1 aromatic heterocycles. The molecule has 1 aromatic rings. The van der Waals surface area contributed by atoms with Crippen LogP contribution < -0.4 is 5.73 Å². The van der Waals surface area contributed by atoms with Gasteiger partial charge in [0.15, 0.2) is 0 Å². The summed E-state index contributed by atoms with van der Waals surface area (Å²) in [5.74, 6) is -0.856. The molecule has 0 radical (unpaired) electrons. The van der Waals surface area contributed by atoms with Crippen LogP contribution >= 0.6 is 11.3 Å².